The van der Waals surface area contributed by atoms with Crippen LogP contribution in [0, 0.1) is 0 Å². The van der Waals surface area contributed by atoms with Gasteiger partial charge in [0.1, 0.15) is 0 Å². The molecule has 1 aromatic carbocycles. The van der Waals surface area contributed by atoms with Crippen molar-refractivity contribution in [2.75, 3.05) is 6.54 Å². The van der Waals surface area contributed by atoms with Crippen LogP contribution in [0.3, 0.4) is 0 Å². The van der Waals surface area contributed by atoms with Gasteiger partial charge in [-0.1, -0.05) is 12.1 Å². The number of nitrogens with one attached hydrogen (secondary N) is 1. The smallest absolute Gasteiger partial charge is 0.338 e. The van der Waals surface area contributed by atoms with Gasteiger partial charge >= 0.3 is 5.97 Å². The second kappa shape index (κ2) is 8.42. The van der Waals surface area contributed by atoms with Crippen molar-refractivity contribution >= 4 is 11.9 Å². The Bertz CT molecular complexity index is 468. The summed E-state index contributed by atoms with van der Waals surface area (Å²) in [5, 5.41) is 2.61. The maximum absolute atomic E-state index is 11.9. The van der Waals surface area contributed by atoms with Gasteiger partial charge in [0.2, 0.25) is 0 Å². The number of hydrogen-bond acceptors (Lipinski definition) is 4. The number of hydrogen-bond donors (Lipinski definition) is 1. The molecule has 0 aliphatic rings. The third-order valence-corrected chi connectivity index (χ3v) is 2.78. The van der Waals surface area contributed by atoms with Gasteiger partial charge in [-0.25, -0.2) is 4.79 Å². The van der Waals surface area contributed by atoms with Gasteiger partial charge < -0.3 is 14.8 Å². The van der Waals surface area contributed by atoms with Crippen LogP contribution in [-0.4, -0.2) is 30.6 Å². The molecule has 0 fully saturated rings. The van der Waals surface area contributed by atoms with Crippen molar-refractivity contribution in [3.63, 3.8) is 0 Å². The summed E-state index contributed by atoms with van der Waals surface area (Å²) in [7, 11) is 0. The highest BCUT2D eigenvalue weighted by molar-refractivity contribution is 5.92. The van der Waals surface area contributed by atoms with Gasteiger partial charge in [0.25, 0.3) is 5.91 Å². The fourth-order valence-electron chi connectivity index (χ4n) is 1.60. The molecule has 1 N–H and O–H groups in total. The van der Waals surface area contributed by atoms with Crippen LogP contribution in [0.15, 0.2) is 24.3 Å². The molecule has 0 aliphatic carbocycles. The van der Waals surface area contributed by atoms with E-state index in [1.807, 2.05) is 32.9 Å². The highest BCUT2D eigenvalue weighted by Gasteiger charge is 2.17. The number of benzene rings is 1. The highest BCUT2D eigenvalue weighted by atomic mass is 16.5. The molecular formula is C16H23NO4. The Labute approximate surface area is 125 Å². The SMILES string of the molecule is CCNC(=O)[C@@H](C)OC(=O)c1ccc(COC(C)C)cc1. The first-order valence-electron chi connectivity index (χ1n) is 7.13. The normalized spacial score (nSPS) is 12.0. The molecule has 1 amide bonds. The summed E-state index contributed by atoms with van der Waals surface area (Å²) >= 11 is 0. The third kappa shape index (κ3) is 5.95. The number of ether oxygens (including phenoxy) is 2. The van der Waals surface area contributed by atoms with Gasteiger partial charge in [-0.15, -0.1) is 0 Å². The van der Waals surface area contributed by atoms with Crippen LogP contribution in [0.25, 0.3) is 0 Å². The first-order chi connectivity index (χ1) is 9.93. The molecule has 0 radical (unpaired) electrons. The monoisotopic (exact) mass is 293 g/mol. The fraction of sp³-hybridized carbons (Fsp3) is 0.500. The second-order valence-corrected chi connectivity index (χ2v) is 5.00. The van der Waals surface area contributed by atoms with Gasteiger partial charge in [0.05, 0.1) is 18.3 Å². The Morgan fingerprint density at radius 2 is 1.76 bits per heavy atom. The molecule has 0 aromatic heterocycles. The summed E-state index contributed by atoms with van der Waals surface area (Å²) in [5.74, 6) is -0.808. The minimum absolute atomic E-state index is 0.160. The molecule has 0 spiro atoms. The van der Waals surface area contributed by atoms with Gasteiger partial charge in [-0.3, -0.25) is 4.79 Å². The number of likely N-dealkylation sites (N-methyl/N-ethyl adjacent to an activating group) is 1. The van der Waals surface area contributed by atoms with Crippen molar-refractivity contribution in [3.05, 3.63) is 35.4 Å². The van der Waals surface area contributed by atoms with Crippen molar-refractivity contribution in [2.45, 2.75) is 46.5 Å². The standard InChI is InChI=1S/C16H23NO4/c1-5-17-15(18)12(4)21-16(19)14-8-6-13(7-9-14)10-20-11(2)3/h6-9,11-12H,5,10H2,1-4H3,(H,17,18)/t12-/m1/s1. The molecule has 0 heterocycles. The van der Waals surface area contributed by atoms with Gasteiger partial charge in [-0.2, -0.15) is 0 Å². The van der Waals surface area contributed by atoms with E-state index in [-0.39, 0.29) is 12.0 Å². The topological polar surface area (TPSA) is 64.6 Å². The van der Waals surface area contributed by atoms with E-state index in [9.17, 15) is 9.59 Å². The van der Waals surface area contributed by atoms with E-state index in [0.717, 1.165) is 5.56 Å². The molecule has 0 saturated heterocycles. The highest BCUT2D eigenvalue weighted by Crippen LogP contribution is 2.09. The molecule has 0 aliphatic heterocycles. The molecule has 1 rings (SSSR count). The summed E-state index contributed by atoms with van der Waals surface area (Å²) in [6, 6.07) is 6.98. The lowest BCUT2D eigenvalue weighted by Crippen LogP contribution is -2.35. The fourth-order valence-corrected chi connectivity index (χ4v) is 1.60. The zero-order chi connectivity index (χ0) is 15.8. The van der Waals surface area contributed by atoms with Crippen LogP contribution in [-0.2, 0) is 20.9 Å². The van der Waals surface area contributed by atoms with E-state index in [2.05, 4.69) is 5.32 Å². The third-order valence-electron chi connectivity index (χ3n) is 2.78. The number of carbonyl (C=O) groups excluding carboxylic acids is 2. The van der Waals surface area contributed by atoms with Crippen LogP contribution in [0.5, 0.6) is 0 Å². The van der Waals surface area contributed by atoms with Crippen LogP contribution >= 0.6 is 0 Å². The molecule has 0 saturated carbocycles. The Kier molecular flexibility index (Phi) is 6.88. The summed E-state index contributed by atoms with van der Waals surface area (Å²) in [5.41, 5.74) is 1.40. The van der Waals surface area contributed by atoms with Crippen molar-refractivity contribution in [3.8, 4) is 0 Å². The Morgan fingerprint density at radius 3 is 2.29 bits per heavy atom. The van der Waals surface area contributed by atoms with E-state index in [4.69, 9.17) is 9.47 Å². The average molecular weight is 293 g/mol. The molecule has 1 aromatic rings. The predicted octanol–water partition coefficient (Wildman–Crippen LogP) is 2.29. The number of esters is 1. The largest absolute Gasteiger partial charge is 0.449 e. The molecule has 0 unspecified atom stereocenters. The summed E-state index contributed by atoms with van der Waals surface area (Å²) in [6.07, 6.45) is -0.644. The summed E-state index contributed by atoms with van der Waals surface area (Å²) < 4.78 is 10.6. The molecule has 1 atom stereocenters. The summed E-state index contributed by atoms with van der Waals surface area (Å²) in [6.45, 7) is 8.30. The summed E-state index contributed by atoms with van der Waals surface area (Å²) in [4.78, 5) is 23.4. The maximum Gasteiger partial charge on any atom is 0.338 e. The quantitative estimate of drug-likeness (QED) is 0.783. The Hall–Kier alpha value is -1.88. The van der Waals surface area contributed by atoms with Crippen LogP contribution < -0.4 is 5.32 Å². The van der Waals surface area contributed by atoms with Crippen molar-refractivity contribution < 1.29 is 19.1 Å². The lowest BCUT2D eigenvalue weighted by Gasteiger charge is -2.13. The minimum atomic E-state index is -0.804. The van der Waals surface area contributed by atoms with E-state index < -0.39 is 12.1 Å². The Balaban J connectivity index is 2.56. The molecule has 5 heteroatoms. The number of rotatable bonds is 7. The van der Waals surface area contributed by atoms with Crippen molar-refractivity contribution in [1.82, 2.24) is 5.32 Å². The molecule has 5 nitrogen and oxygen atoms in total. The predicted molar refractivity (Wildman–Crippen MR) is 79.9 cm³/mol. The maximum atomic E-state index is 11.9. The average Bonchev–Trinajstić information content (AvgIpc) is 2.45. The van der Waals surface area contributed by atoms with Crippen molar-refractivity contribution in [2.24, 2.45) is 0 Å². The van der Waals surface area contributed by atoms with Crippen LogP contribution in [0.4, 0.5) is 0 Å². The van der Waals surface area contributed by atoms with E-state index in [1.54, 1.807) is 19.1 Å². The van der Waals surface area contributed by atoms with Crippen LogP contribution in [0.1, 0.15) is 43.6 Å². The first kappa shape index (κ1) is 17.2. The molecule has 116 valence electrons. The lowest BCUT2D eigenvalue weighted by atomic mass is 10.1. The zero-order valence-electron chi connectivity index (χ0n) is 13.0. The number of carbonyl (C=O) groups is 2. The zero-order valence-corrected chi connectivity index (χ0v) is 13.0. The van der Waals surface area contributed by atoms with Crippen LogP contribution in [0.2, 0.25) is 0 Å². The van der Waals surface area contributed by atoms with E-state index >= 15 is 0 Å². The molecule has 21 heavy (non-hydrogen) atoms. The van der Waals surface area contributed by atoms with E-state index in [0.29, 0.717) is 18.7 Å². The van der Waals surface area contributed by atoms with Gasteiger partial charge in [0.15, 0.2) is 6.10 Å². The number of amides is 1. The lowest BCUT2D eigenvalue weighted by molar-refractivity contribution is -0.128. The molecular weight excluding hydrogens is 270 g/mol. The first-order valence-corrected chi connectivity index (χ1v) is 7.13. The van der Waals surface area contributed by atoms with Gasteiger partial charge in [-0.05, 0) is 45.4 Å². The van der Waals surface area contributed by atoms with Crippen molar-refractivity contribution in [1.29, 1.82) is 0 Å². The second-order valence-electron chi connectivity index (χ2n) is 5.00. The Morgan fingerprint density at radius 1 is 1.14 bits per heavy atom. The van der Waals surface area contributed by atoms with Gasteiger partial charge in [0, 0.05) is 6.54 Å². The van der Waals surface area contributed by atoms with E-state index in [1.165, 1.54) is 0 Å². The minimum Gasteiger partial charge on any atom is -0.449 e. The molecule has 0 bridgehead atoms.